The molecule has 1 aromatic carbocycles. The molecule has 0 bridgehead atoms. The van der Waals surface area contributed by atoms with E-state index in [2.05, 4.69) is 4.90 Å². The van der Waals surface area contributed by atoms with Crippen LogP contribution in [0.3, 0.4) is 0 Å². The maximum atomic E-state index is 13.3. The molecule has 1 unspecified atom stereocenters. The van der Waals surface area contributed by atoms with Crippen molar-refractivity contribution in [2.75, 3.05) is 53.5 Å². The third-order valence-electron chi connectivity index (χ3n) is 6.78. The number of nitrogens with zero attached hydrogens (tertiary/aromatic N) is 3. The highest BCUT2D eigenvalue weighted by molar-refractivity contribution is 5.97. The third kappa shape index (κ3) is 3.80. The molecule has 3 fully saturated rings. The number of benzene rings is 1. The van der Waals surface area contributed by atoms with Crippen LogP contribution in [0.15, 0.2) is 18.2 Å². The van der Waals surface area contributed by atoms with Gasteiger partial charge in [-0.3, -0.25) is 14.5 Å². The van der Waals surface area contributed by atoms with E-state index in [1.165, 1.54) is 0 Å². The van der Waals surface area contributed by atoms with Gasteiger partial charge in [-0.25, -0.2) is 0 Å². The van der Waals surface area contributed by atoms with E-state index in [0.717, 1.165) is 58.3 Å². The molecule has 7 heteroatoms. The van der Waals surface area contributed by atoms with Crippen LogP contribution in [-0.4, -0.2) is 85.5 Å². The molecule has 3 aliphatic rings. The van der Waals surface area contributed by atoms with Gasteiger partial charge in [-0.2, -0.15) is 0 Å². The summed E-state index contributed by atoms with van der Waals surface area (Å²) in [4.78, 5) is 32.2. The molecule has 0 aliphatic carbocycles. The van der Waals surface area contributed by atoms with Crippen LogP contribution in [0.1, 0.15) is 42.5 Å². The zero-order valence-corrected chi connectivity index (χ0v) is 17.5. The molecule has 3 aliphatic heterocycles. The van der Waals surface area contributed by atoms with Crippen LogP contribution in [0.4, 0.5) is 0 Å². The number of likely N-dealkylation sites (tertiary alicyclic amines) is 3. The van der Waals surface area contributed by atoms with Crippen LogP contribution in [0, 0.1) is 0 Å². The summed E-state index contributed by atoms with van der Waals surface area (Å²) in [6.45, 7) is 4.59. The van der Waals surface area contributed by atoms with E-state index < -0.39 is 0 Å². The summed E-state index contributed by atoms with van der Waals surface area (Å²) < 4.78 is 10.7. The normalized spacial score (nSPS) is 24.5. The molecular weight excluding hydrogens is 370 g/mol. The highest BCUT2D eigenvalue weighted by Crippen LogP contribution is 2.39. The first-order valence-corrected chi connectivity index (χ1v) is 10.6. The van der Waals surface area contributed by atoms with Crippen molar-refractivity contribution in [2.24, 2.45) is 0 Å². The van der Waals surface area contributed by atoms with Gasteiger partial charge in [0.1, 0.15) is 11.5 Å². The molecule has 1 atom stereocenters. The van der Waals surface area contributed by atoms with Crippen LogP contribution in [0.5, 0.6) is 11.5 Å². The van der Waals surface area contributed by atoms with Gasteiger partial charge >= 0.3 is 0 Å². The lowest BCUT2D eigenvalue weighted by Gasteiger charge is -2.57. The first kappa shape index (κ1) is 20.0. The first-order chi connectivity index (χ1) is 14.1. The zero-order valence-electron chi connectivity index (χ0n) is 17.5. The van der Waals surface area contributed by atoms with Gasteiger partial charge in [-0.1, -0.05) is 0 Å². The number of carbonyl (C=O) groups excluding carboxylic acids is 2. The van der Waals surface area contributed by atoms with Gasteiger partial charge in [-0.05, 0) is 50.3 Å². The Kier molecular flexibility index (Phi) is 5.67. The summed E-state index contributed by atoms with van der Waals surface area (Å²) in [6, 6.07) is 5.32. The topological polar surface area (TPSA) is 62.3 Å². The lowest BCUT2D eigenvalue weighted by Crippen LogP contribution is -2.68. The Hall–Kier alpha value is -2.28. The van der Waals surface area contributed by atoms with Crippen LogP contribution in [0.25, 0.3) is 0 Å². The molecule has 3 heterocycles. The van der Waals surface area contributed by atoms with Gasteiger partial charge in [0.15, 0.2) is 0 Å². The van der Waals surface area contributed by atoms with Gasteiger partial charge in [0, 0.05) is 38.3 Å². The van der Waals surface area contributed by atoms with Gasteiger partial charge in [0.2, 0.25) is 5.91 Å². The van der Waals surface area contributed by atoms with Crippen molar-refractivity contribution in [3.63, 3.8) is 0 Å². The molecule has 0 aromatic heterocycles. The second-order valence-electron chi connectivity index (χ2n) is 8.38. The van der Waals surface area contributed by atoms with Crippen LogP contribution in [-0.2, 0) is 4.79 Å². The molecule has 29 heavy (non-hydrogen) atoms. The summed E-state index contributed by atoms with van der Waals surface area (Å²) in [5.74, 6) is 1.41. The minimum atomic E-state index is -0.0601. The number of piperidine rings is 1. The van der Waals surface area contributed by atoms with E-state index in [-0.39, 0.29) is 17.4 Å². The van der Waals surface area contributed by atoms with Crippen molar-refractivity contribution >= 4 is 11.8 Å². The average molecular weight is 402 g/mol. The minimum absolute atomic E-state index is 0.0301. The number of methoxy groups -OCH3 is 2. The van der Waals surface area contributed by atoms with Gasteiger partial charge in [0.05, 0.1) is 26.3 Å². The highest BCUT2D eigenvalue weighted by atomic mass is 16.5. The SMILES string of the molecule is COc1ccc(OC)c(C(=O)N2CCCC3(CCN3CC(=O)N3CCCC3)C2)c1. The van der Waals surface area contributed by atoms with E-state index in [1.807, 2.05) is 9.80 Å². The summed E-state index contributed by atoms with van der Waals surface area (Å²) in [5, 5.41) is 0. The Morgan fingerprint density at radius 2 is 1.72 bits per heavy atom. The highest BCUT2D eigenvalue weighted by Gasteiger charge is 2.49. The van der Waals surface area contributed by atoms with E-state index in [1.54, 1.807) is 32.4 Å². The summed E-state index contributed by atoms with van der Waals surface area (Å²) >= 11 is 0. The van der Waals surface area contributed by atoms with E-state index in [4.69, 9.17) is 9.47 Å². The Morgan fingerprint density at radius 1 is 0.966 bits per heavy atom. The van der Waals surface area contributed by atoms with E-state index >= 15 is 0 Å². The van der Waals surface area contributed by atoms with Crippen molar-refractivity contribution < 1.29 is 19.1 Å². The van der Waals surface area contributed by atoms with Gasteiger partial charge < -0.3 is 19.3 Å². The van der Waals surface area contributed by atoms with Gasteiger partial charge in [0.25, 0.3) is 5.91 Å². The van der Waals surface area contributed by atoms with Crippen molar-refractivity contribution in [1.29, 1.82) is 0 Å². The number of ether oxygens (including phenoxy) is 2. The lowest BCUT2D eigenvalue weighted by molar-refractivity contribution is -0.138. The van der Waals surface area contributed by atoms with Crippen LogP contribution < -0.4 is 9.47 Å². The predicted molar refractivity (Wildman–Crippen MR) is 109 cm³/mol. The monoisotopic (exact) mass is 401 g/mol. The molecule has 4 rings (SSSR count). The largest absolute Gasteiger partial charge is 0.497 e. The quantitative estimate of drug-likeness (QED) is 0.755. The molecule has 0 saturated carbocycles. The number of amides is 2. The Bertz CT molecular complexity index is 777. The van der Waals surface area contributed by atoms with Crippen molar-refractivity contribution in [2.45, 2.75) is 37.6 Å². The smallest absolute Gasteiger partial charge is 0.257 e. The minimum Gasteiger partial charge on any atom is -0.497 e. The number of carbonyl (C=O) groups is 2. The molecule has 7 nitrogen and oxygen atoms in total. The molecule has 2 amide bonds. The fourth-order valence-corrected chi connectivity index (χ4v) is 4.96. The summed E-state index contributed by atoms with van der Waals surface area (Å²) in [7, 11) is 3.17. The number of hydrogen-bond acceptors (Lipinski definition) is 5. The maximum Gasteiger partial charge on any atom is 0.257 e. The maximum absolute atomic E-state index is 13.3. The molecule has 1 spiro atoms. The lowest BCUT2D eigenvalue weighted by atomic mass is 9.77. The molecule has 3 saturated heterocycles. The Labute approximate surface area is 172 Å². The molecule has 158 valence electrons. The summed E-state index contributed by atoms with van der Waals surface area (Å²) in [6.07, 6.45) is 5.26. The second-order valence-corrected chi connectivity index (χ2v) is 8.38. The number of hydrogen-bond donors (Lipinski definition) is 0. The fraction of sp³-hybridized carbons (Fsp3) is 0.636. The second kappa shape index (κ2) is 8.22. The van der Waals surface area contributed by atoms with Crippen molar-refractivity contribution in [1.82, 2.24) is 14.7 Å². The predicted octanol–water partition coefficient (Wildman–Crippen LogP) is 2.01. The molecule has 0 N–H and O–H groups in total. The zero-order chi connectivity index (χ0) is 20.4. The van der Waals surface area contributed by atoms with Crippen molar-refractivity contribution in [3.05, 3.63) is 23.8 Å². The molecule has 0 radical (unpaired) electrons. The molecular formula is C22H31N3O4. The van der Waals surface area contributed by atoms with E-state index in [9.17, 15) is 9.59 Å². The van der Waals surface area contributed by atoms with E-state index in [0.29, 0.717) is 30.2 Å². The van der Waals surface area contributed by atoms with Crippen molar-refractivity contribution in [3.8, 4) is 11.5 Å². The standard InChI is InChI=1S/C22H31N3O4/c1-28-17-6-7-19(29-2)18(14-17)21(27)24-12-5-8-22(16-24)9-13-25(22)15-20(26)23-10-3-4-11-23/h6-7,14H,3-5,8-13,15-16H2,1-2H3. The average Bonchev–Trinajstić information content (AvgIpc) is 3.30. The fourth-order valence-electron chi connectivity index (χ4n) is 4.96. The van der Waals surface area contributed by atoms with Crippen LogP contribution in [0.2, 0.25) is 0 Å². The summed E-state index contributed by atoms with van der Waals surface area (Å²) in [5.41, 5.74) is 0.470. The third-order valence-corrected chi connectivity index (χ3v) is 6.78. The first-order valence-electron chi connectivity index (χ1n) is 10.6. The molecule has 1 aromatic rings. The van der Waals surface area contributed by atoms with Crippen LogP contribution >= 0.6 is 0 Å². The Balaban J connectivity index is 1.46. The number of rotatable bonds is 5. The Morgan fingerprint density at radius 3 is 2.38 bits per heavy atom. The van der Waals surface area contributed by atoms with Gasteiger partial charge in [-0.15, -0.1) is 0 Å².